The Hall–Kier alpha value is -2.57. The third kappa shape index (κ3) is 2.31. The smallest absolute Gasteiger partial charge is 0.258 e. The van der Waals surface area contributed by atoms with E-state index in [1.165, 1.54) is 0 Å². The number of oxime groups is 1. The Morgan fingerprint density at radius 3 is 3.10 bits per heavy atom. The molecule has 0 aliphatic carbocycles. The van der Waals surface area contributed by atoms with Gasteiger partial charge >= 0.3 is 0 Å². The SMILES string of the molecule is N/C(=N/O)C1CCCCN1C(=O)c1cnn2ccccc12. The minimum absolute atomic E-state index is 0.0829. The summed E-state index contributed by atoms with van der Waals surface area (Å²) in [5.41, 5.74) is 7.02. The van der Waals surface area contributed by atoms with Gasteiger partial charge in [0.2, 0.25) is 0 Å². The van der Waals surface area contributed by atoms with Gasteiger partial charge < -0.3 is 15.8 Å². The van der Waals surface area contributed by atoms with Crippen molar-refractivity contribution in [1.29, 1.82) is 0 Å². The van der Waals surface area contributed by atoms with Crippen molar-refractivity contribution in [1.82, 2.24) is 14.5 Å². The Morgan fingerprint density at radius 2 is 2.29 bits per heavy atom. The molecule has 0 saturated carbocycles. The van der Waals surface area contributed by atoms with Crippen molar-refractivity contribution in [3.63, 3.8) is 0 Å². The standard InChI is InChI=1S/C14H17N5O2/c15-13(17-21)12-6-1-3-7-18(12)14(20)10-9-16-19-8-4-2-5-11(10)19/h2,4-5,8-9,12,21H,1,3,6-7H2,(H2,15,17). The number of nitrogens with two attached hydrogens (primary N) is 1. The Morgan fingerprint density at radius 1 is 1.43 bits per heavy atom. The van der Waals surface area contributed by atoms with Crippen molar-refractivity contribution >= 4 is 17.3 Å². The van der Waals surface area contributed by atoms with Gasteiger partial charge in [0.1, 0.15) is 0 Å². The van der Waals surface area contributed by atoms with Gasteiger partial charge in [0.25, 0.3) is 5.91 Å². The number of nitrogens with zero attached hydrogens (tertiary/aromatic N) is 4. The normalized spacial score (nSPS) is 19.9. The predicted molar refractivity (Wildman–Crippen MR) is 77.3 cm³/mol. The average molecular weight is 287 g/mol. The molecule has 2 aromatic rings. The summed E-state index contributed by atoms with van der Waals surface area (Å²) in [6, 6.07) is 5.22. The van der Waals surface area contributed by atoms with Crippen molar-refractivity contribution in [3.8, 4) is 0 Å². The highest BCUT2D eigenvalue weighted by atomic mass is 16.4. The molecule has 1 atom stereocenters. The Balaban J connectivity index is 1.96. The topological polar surface area (TPSA) is 96.2 Å². The molecule has 3 rings (SSSR count). The second kappa shape index (κ2) is 5.43. The van der Waals surface area contributed by atoms with Crippen LogP contribution in [0.2, 0.25) is 0 Å². The second-order valence-corrected chi connectivity index (χ2v) is 5.12. The fourth-order valence-electron chi connectivity index (χ4n) is 2.80. The fourth-order valence-corrected chi connectivity index (χ4v) is 2.80. The lowest BCUT2D eigenvalue weighted by molar-refractivity contribution is 0.0678. The molecule has 3 heterocycles. The van der Waals surface area contributed by atoms with Crippen LogP contribution in [-0.2, 0) is 0 Å². The van der Waals surface area contributed by atoms with E-state index in [1.54, 1.807) is 21.8 Å². The molecule has 110 valence electrons. The minimum Gasteiger partial charge on any atom is -0.409 e. The van der Waals surface area contributed by atoms with Crippen LogP contribution in [-0.4, -0.2) is 44.1 Å². The maximum absolute atomic E-state index is 12.8. The number of likely N-dealkylation sites (tertiary alicyclic amines) is 1. The van der Waals surface area contributed by atoms with Crippen LogP contribution in [0.25, 0.3) is 5.52 Å². The third-order valence-electron chi connectivity index (χ3n) is 3.88. The Kier molecular flexibility index (Phi) is 3.47. The molecule has 1 aliphatic heterocycles. The minimum atomic E-state index is -0.352. The fraction of sp³-hybridized carbons (Fsp3) is 0.357. The van der Waals surface area contributed by atoms with Crippen molar-refractivity contribution in [2.24, 2.45) is 10.9 Å². The summed E-state index contributed by atoms with van der Waals surface area (Å²) in [6.45, 7) is 0.601. The molecule has 21 heavy (non-hydrogen) atoms. The second-order valence-electron chi connectivity index (χ2n) is 5.12. The van der Waals surface area contributed by atoms with Crippen molar-refractivity contribution in [2.75, 3.05) is 6.54 Å². The van der Waals surface area contributed by atoms with E-state index in [-0.39, 0.29) is 17.8 Å². The van der Waals surface area contributed by atoms with Crippen LogP contribution >= 0.6 is 0 Å². The van der Waals surface area contributed by atoms with Gasteiger partial charge in [0.15, 0.2) is 5.84 Å². The van der Waals surface area contributed by atoms with Gasteiger partial charge in [-0.25, -0.2) is 4.52 Å². The molecule has 0 radical (unpaired) electrons. The van der Waals surface area contributed by atoms with E-state index in [2.05, 4.69) is 10.3 Å². The number of fused-ring (bicyclic) bond motifs is 1. The van der Waals surface area contributed by atoms with Crippen LogP contribution in [0.1, 0.15) is 29.6 Å². The highest BCUT2D eigenvalue weighted by Gasteiger charge is 2.31. The van der Waals surface area contributed by atoms with E-state index in [0.29, 0.717) is 18.5 Å². The number of hydrogen-bond donors (Lipinski definition) is 2. The molecule has 1 unspecified atom stereocenters. The molecule has 7 nitrogen and oxygen atoms in total. The third-order valence-corrected chi connectivity index (χ3v) is 3.88. The van der Waals surface area contributed by atoms with Crippen LogP contribution in [0.3, 0.4) is 0 Å². The largest absolute Gasteiger partial charge is 0.409 e. The van der Waals surface area contributed by atoms with Gasteiger partial charge in [-0.15, -0.1) is 0 Å². The number of rotatable bonds is 2. The van der Waals surface area contributed by atoms with Gasteiger partial charge in [-0.05, 0) is 31.4 Å². The molecule has 1 saturated heterocycles. The molecule has 7 heteroatoms. The lowest BCUT2D eigenvalue weighted by Crippen LogP contribution is -2.50. The van der Waals surface area contributed by atoms with Gasteiger partial charge in [-0.2, -0.15) is 5.10 Å². The highest BCUT2D eigenvalue weighted by Crippen LogP contribution is 2.21. The van der Waals surface area contributed by atoms with Gasteiger partial charge in [-0.3, -0.25) is 4.79 Å². The molecule has 2 aromatic heterocycles. The molecule has 1 aliphatic rings. The first-order valence-electron chi connectivity index (χ1n) is 6.93. The zero-order chi connectivity index (χ0) is 14.8. The summed E-state index contributed by atoms with van der Waals surface area (Å²) < 4.78 is 1.66. The van der Waals surface area contributed by atoms with E-state index < -0.39 is 0 Å². The predicted octanol–water partition coefficient (Wildman–Crippen LogP) is 1.08. The zero-order valence-corrected chi connectivity index (χ0v) is 11.5. The van der Waals surface area contributed by atoms with Gasteiger partial charge in [0.05, 0.1) is 23.3 Å². The molecule has 0 spiro atoms. The highest BCUT2D eigenvalue weighted by molar-refractivity contribution is 6.03. The maximum Gasteiger partial charge on any atom is 0.258 e. The van der Waals surface area contributed by atoms with E-state index in [0.717, 1.165) is 18.4 Å². The van der Waals surface area contributed by atoms with E-state index in [9.17, 15) is 4.79 Å². The quantitative estimate of drug-likeness (QED) is 0.374. The molecular formula is C14H17N5O2. The van der Waals surface area contributed by atoms with Gasteiger partial charge in [-0.1, -0.05) is 11.2 Å². The van der Waals surface area contributed by atoms with Crippen LogP contribution in [0.4, 0.5) is 0 Å². The summed E-state index contributed by atoms with van der Waals surface area (Å²) in [4.78, 5) is 14.5. The monoisotopic (exact) mass is 287 g/mol. The van der Waals surface area contributed by atoms with Crippen molar-refractivity contribution < 1.29 is 10.0 Å². The number of pyridine rings is 1. The maximum atomic E-state index is 12.8. The number of aromatic nitrogens is 2. The number of piperidine rings is 1. The molecule has 3 N–H and O–H groups in total. The Bertz CT molecular complexity index is 693. The zero-order valence-electron chi connectivity index (χ0n) is 11.5. The lowest BCUT2D eigenvalue weighted by Gasteiger charge is -2.34. The van der Waals surface area contributed by atoms with Crippen LogP contribution in [0, 0.1) is 0 Å². The first-order chi connectivity index (χ1) is 10.2. The van der Waals surface area contributed by atoms with Crippen molar-refractivity contribution in [3.05, 3.63) is 36.2 Å². The molecule has 0 bridgehead atoms. The number of amides is 1. The van der Waals surface area contributed by atoms with Crippen LogP contribution < -0.4 is 5.73 Å². The van der Waals surface area contributed by atoms with E-state index in [1.807, 2.05) is 18.2 Å². The summed E-state index contributed by atoms with van der Waals surface area (Å²) in [5, 5.41) is 16.1. The number of carbonyl (C=O) groups is 1. The van der Waals surface area contributed by atoms with E-state index in [4.69, 9.17) is 10.9 Å². The molecule has 1 amide bonds. The van der Waals surface area contributed by atoms with Crippen molar-refractivity contribution in [2.45, 2.75) is 25.3 Å². The number of carbonyl (C=O) groups excluding carboxylic acids is 1. The summed E-state index contributed by atoms with van der Waals surface area (Å²) in [6.07, 6.45) is 5.94. The molecular weight excluding hydrogens is 270 g/mol. The summed E-state index contributed by atoms with van der Waals surface area (Å²) in [7, 11) is 0. The summed E-state index contributed by atoms with van der Waals surface area (Å²) in [5.74, 6) is -0.0491. The first kappa shape index (κ1) is 13.4. The number of amidine groups is 1. The van der Waals surface area contributed by atoms with E-state index >= 15 is 0 Å². The number of hydrogen-bond acceptors (Lipinski definition) is 4. The van der Waals surface area contributed by atoms with Crippen LogP contribution in [0.5, 0.6) is 0 Å². The average Bonchev–Trinajstić information content (AvgIpc) is 2.97. The molecule has 0 aromatic carbocycles. The first-order valence-corrected chi connectivity index (χ1v) is 6.93. The lowest BCUT2D eigenvalue weighted by atomic mass is 10.00. The van der Waals surface area contributed by atoms with Gasteiger partial charge in [0, 0.05) is 12.7 Å². The molecule has 1 fully saturated rings. The summed E-state index contributed by atoms with van der Waals surface area (Å²) >= 11 is 0. The Labute approximate surface area is 121 Å². The van der Waals surface area contributed by atoms with Crippen LogP contribution in [0.15, 0.2) is 35.7 Å².